The van der Waals surface area contributed by atoms with Crippen LogP contribution in [-0.4, -0.2) is 24.1 Å². The highest BCUT2D eigenvalue weighted by Crippen LogP contribution is 2.40. The van der Waals surface area contributed by atoms with Gasteiger partial charge in [-0.05, 0) is 81.5 Å². The highest BCUT2D eigenvalue weighted by Gasteiger charge is 2.20. The minimum absolute atomic E-state index is 0.618. The molecule has 13 aromatic rings. The van der Waals surface area contributed by atoms with Crippen LogP contribution in [0, 0.1) is 0 Å². The molecule has 0 bridgehead atoms. The first-order valence-electron chi connectivity index (χ1n) is 21.0. The van der Waals surface area contributed by atoms with Crippen LogP contribution in [0.1, 0.15) is 0 Å². The maximum Gasteiger partial charge on any atom is 0.164 e. The molecule has 3 aromatic heterocycles. The minimum Gasteiger partial charge on any atom is -0.309 e. The zero-order valence-corrected chi connectivity index (χ0v) is 33.4. The van der Waals surface area contributed by atoms with E-state index in [1.54, 1.807) is 0 Å². The molecule has 13 rings (SSSR count). The van der Waals surface area contributed by atoms with Gasteiger partial charge in [0, 0.05) is 55.0 Å². The van der Waals surface area contributed by atoms with Gasteiger partial charge in [-0.3, -0.25) is 0 Å². The lowest BCUT2D eigenvalue weighted by atomic mass is 10.1. The number of benzene rings is 10. The first kappa shape index (κ1) is 34.5. The number of fused-ring (bicyclic) bond motifs is 10. The molecule has 0 radical (unpaired) electrons. The van der Waals surface area contributed by atoms with Gasteiger partial charge in [-0.1, -0.05) is 158 Å². The van der Waals surface area contributed by atoms with Gasteiger partial charge in [-0.15, -0.1) is 0 Å². The number of rotatable bonds is 5. The average molecular weight is 790 g/mol. The molecule has 0 aliphatic carbocycles. The van der Waals surface area contributed by atoms with Gasteiger partial charge in [0.25, 0.3) is 0 Å². The molecule has 0 unspecified atom stereocenters. The van der Waals surface area contributed by atoms with Crippen LogP contribution in [0.15, 0.2) is 212 Å². The normalized spacial score (nSPS) is 11.9. The molecule has 0 N–H and O–H groups in total. The minimum atomic E-state index is 0.618. The van der Waals surface area contributed by atoms with Gasteiger partial charge in [-0.25, -0.2) is 15.0 Å². The Morgan fingerprint density at radius 1 is 0.258 bits per heavy atom. The van der Waals surface area contributed by atoms with Crippen LogP contribution in [0.3, 0.4) is 0 Å². The first-order valence-corrected chi connectivity index (χ1v) is 21.0. The molecule has 0 saturated heterocycles. The summed E-state index contributed by atoms with van der Waals surface area (Å²) in [5, 5.41) is 11.9. The van der Waals surface area contributed by atoms with Crippen molar-refractivity contribution in [1.29, 1.82) is 0 Å². The third-order valence-corrected chi connectivity index (χ3v) is 12.5. The summed E-state index contributed by atoms with van der Waals surface area (Å²) in [6.45, 7) is 0. The highest BCUT2D eigenvalue weighted by molar-refractivity contribution is 6.19. The zero-order chi connectivity index (χ0) is 40.7. The Kier molecular flexibility index (Phi) is 7.54. The van der Waals surface area contributed by atoms with Crippen LogP contribution < -0.4 is 0 Å². The van der Waals surface area contributed by atoms with E-state index in [9.17, 15) is 0 Å². The van der Waals surface area contributed by atoms with E-state index in [1.807, 2.05) is 0 Å². The fourth-order valence-electron chi connectivity index (χ4n) is 9.58. The van der Waals surface area contributed by atoms with Crippen LogP contribution in [0.5, 0.6) is 0 Å². The van der Waals surface area contributed by atoms with E-state index < -0.39 is 0 Å². The van der Waals surface area contributed by atoms with Gasteiger partial charge < -0.3 is 9.13 Å². The molecular formula is C57H35N5. The molecule has 5 nitrogen and oxygen atoms in total. The van der Waals surface area contributed by atoms with Gasteiger partial charge in [0.15, 0.2) is 17.5 Å². The SMILES string of the molecule is c1cc(-c2nc(-c3ccc4ccccc4c3)nc(-c3ccc4ccccc4c3)n2)cc(-n2c3ccc(-n4c5ccccc5c5ccccc54)cc3c3ccc4ccccc4c32)c1. The molecule has 0 amide bonds. The predicted octanol–water partition coefficient (Wildman–Crippen LogP) is 14.5. The van der Waals surface area contributed by atoms with E-state index in [4.69, 9.17) is 15.0 Å². The predicted molar refractivity (Wildman–Crippen MR) is 257 cm³/mol. The zero-order valence-electron chi connectivity index (χ0n) is 33.4. The monoisotopic (exact) mass is 789 g/mol. The molecule has 0 aliphatic rings. The fourth-order valence-corrected chi connectivity index (χ4v) is 9.58. The van der Waals surface area contributed by atoms with Gasteiger partial charge in [-0.2, -0.15) is 0 Å². The van der Waals surface area contributed by atoms with E-state index in [0.717, 1.165) is 44.4 Å². The molecule has 3 heterocycles. The topological polar surface area (TPSA) is 48.5 Å². The quantitative estimate of drug-likeness (QED) is 0.174. The van der Waals surface area contributed by atoms with E-state index in [1.165, 1.54) is 59.6 Å². The number of hydrogen-bond donors (Lipinski definition) is 0. The molecule has 0 saturated carbocycles. The van der Waals surface area contributed by atoms with Crippen molar-refractivity contribution in [3.8, 4) is 45.5 Å². The van der Waals surface area contributed by atoms with Crippen LogP contribution >= 0.6 is 0 Å². The van der Waals surface area contributed by atoms with Crippen molar-refractivity contribution in [2.45, 2.75) is 0 Å². The first-order chi connectivity index (χ1) is 30.7. The molecule has 62 heavy (non-hydrogen) atoms. The average Bonchev–Trinajstić information content (AvgIpc) is 3.86. The van der Waals surface area contributed by atoms with Crippen molar-refractivity contribution in [2.75, 3.05) is 0 Å². The summed E-state index contributed by atoms with van der Waals surface area (Å²) >= 11 is 0. The summed E-state index contributed by atoms with van der Waals surface area (Å²) in [6, 6.07) is 75.8. The standard InChI is InChI=1S/C57H35N5/c1-3-15-39-32-42(26-24-36(39)12-1)56-58-55(59-57(60-56)43-27-25-37-13-2-4-16-40(37)33-43)41-17-11-18-44(34-41)62-53-31-29-45(35-50(53)49-30-28-38-14-5-6-19-46(38)54(49)62)61-51-22-9-7-20-47(51)48-21-8-10-23-52(48)61/h1-35H. The summed E-state index contributed by atoms with van der Waals surface area (Å²) in [5.74, 6) is 1.89. The Hall–Kier alpha value is -8.41. The van der Waals surface area contributed by atoms with Crippen LogP contribution in [0.4, 0.5) is 0 Å². The van der Waals surface area contributed by atoms with E-state index in [-0.39, 0.29) is 0 Å². The second-order valence-corrected chi connectivity index (χ2v) is 16.1. The van der Waals surface area contributed by atoms with Crippen LogP contribution in [0.2, 0.25) is 0 Å². The Morgan fingerprint density at radius 2 is 0.742 bits per heavy atom. The Balaban J connectivity index is 1.03. The molecular weight excluding hydrogens is 755 g/mol. The number of hydrogen-bond acceptors (Lipinski definition) is 3. The second-order valence-electron chi connectivity index (χ2n) is 16.1. The summed E-state index contributed by atoms with van der Waals surface area (Å²) < 4.78 is 4.82. The summed E-state index contributed by atoms with van der Waals surface area (Å²) in [6.07, 6.45) is 0. The van der Waals surface area contributed by atoms with Crippen molar-refractivity contribution < 1.29 is 0 Å². The fraction of sp³-hybridized carbons (Fsp3) is 0. The Bertz CT molecular complexity index is 3800. The molecule has 288 valence electrons. The summed E-state index contributed by atoms with van der Waals surface area (Å²) in [4.78, 5) is 15.6. The highest BCUT2D eigenvalue weighted by atomic mass is 15.0. The van der Waals surface area contributed by atoms with Crippen molar-refractivity contribution in [3.05, 3.63) is 212 Å². The third-order valence-electron chi connectivity index (χ3n) is 12.5. The smallest absolute Gasteiger partial charge is 0.164 e. The second kappa shape index (κ2) is 13.6. The Labute approximate surface area is 356 Å². The maximum absolute atomic E-state index is 5.22. The van der Waals surface area contributed by atoms with Gasteiger partial charge in [0.2, 0.25) is 0 Å². The van der Waals surface area contributed by atoms with E-state index in [0.29, 0.717) is 17.5 Å². The van der Waals surface area contributed by atoms with Crippen LogP contribution in [0.25, 0.3) is 121 Å². The lowest BCUT2D eigenvalue weighted by Crippen LogP contribution is -2.01. The molecule has 0 atom stereocenters. The maximum atomic E-state index is 5.22. The van der Waals surface area contributed by atoms with E-state index in [2.05, 4.69) is 221 Å². The van der Waals surface area contributed by atoms with Crippen LogP contribution in [-0.2, 0) is 0 Å². The molecule has 0 aliphatic heterocycles. The lowest BCUT2D eigenvalue weighted by Gasteiger charge is -2.13. The molecule has 0 fully saturated rings. The van der Waals surface area contributed by atoms with Gasteiger partial charge in [0.1, 0.15) is 0 Å². The van der Waals surface area contributed by atoms with Crippen molar-refractivity contribution in [2.24, 2.45) is 0 Å². The summed E-state index contributed by atoms with van der Waals surface area (Å²) in [5.41, 5.74) is 9.63. The van der Waals surface area contributed by atoms with Crippen molar-refractivity contribution in [1.82, 2.24) is 24.1 Å². The third kappa shape index (κ3) is 5.38. The molecule has 5 heteroatoms. The Morgan fingerprint density at radius 3 is 1.37 bits per heavy atom. The van der Waals surface area contributed by atoms with Crippen molar-refractivity contribution >= 4 is 75.9 Å². The van der Waals surface area contributed by atoms with E-state index >= 15 is 0 Å². The van der Waals surface area contributed by atoms with Crippen molar-refractivity contribution in [3.63, 3.8) is 0 Å². The summed E-state index contributed by atoms with van der Waals surface area (Å²) in [7, 11) is 0. The molecule has 10 aromatic carbocycles. The van der Waals surface area contributed by atoms with Gasteiger partial charge >= 0.3 is 0 Å². The number of nitrogens with zero attached hydrogens (tertiary/aromatic N) is 5. The molecule has 0 spiro atoms. The number of aromatic nitrogens is 5. The number of para-hydroxylation sites is 2. The largest absolute Gasteiger partial charge is 0.309 e. The van der Waals surface area contributed by atoms with Gasteiger partial charge in [0.05, 0.1) is 22.1 Å². The lowest BCUT2D eigenvalue weighted by molar-refractivity contribution is 1.07.